The molecule has 0 fully saturated rings. The van der Waals surface area contributed by atoms with Crippen molar-refractivity contribution in [1.82, 2.24) is 14.8 Å². The molecule has 0 saturated heterocycles. The summed E-state index contributed by atoms with van der Waals surface area (Å²) in [6.07, 6.45) is 5.03. The molecule has 0 atom stereocenters. The highest BCUT2D eigenvalue weighted by atomic mass is 127. The van der Waals surface area contributed by atoms with Crippen molar-refractivity contribution in [2.45, 2.75) is 38.6 Å². The Hall–Kier alpha value is -1.78. The molecule has 2 heterocycles. The van der Waals surface area contributed by atoms with E-state index in [9.17, 15) is 8.78 Å². The normalized spacial score (nSPS) is 14.4. The Bertz CT molecular complexity index is 746. The predicted octanol–water partition coefficient (Wildman–Crippen LogP) is 2.87. The molecule has 0 saturated carbocycles. The highest BCUT2D eigenvalue weighted by Crippen LogP contribution is 2.16. The lowest BCUT2D eigenvalue weighted by Gasteiger charge is -2.08. The number of nitrogens with one attached hydrogen (secondary N) is 1. The minimum Gasteiger partial charge on any atom is -0.370 e. The maximum Gasteiger partial charge on any atom is 0.193 e. The van der Waals surface area contributed by atoms with Crippen LogP contribution in [-0.2, 0) is 19.4 Å². The van der Waals surface area contributed by atoms with Crippen LogP contribution in [0.5, 0.6) is 0 Å². The Kier molecular flexibility index (Phi) is 7.09. The molecule has 0 bridgehead atoms. The molecule has 1 aliphatic rings. The highest BCUT2D eigenvalue weighted by molar-refractivity contribution is 14.0. The van der Waals surface area contributed by atoms with Crippen molar-refractivity contribution >= 4 is 35.6 Å². The first-order chi connectivity index (χ1) is 11.6. The Morgan fingerprint density at radius 2 is 2.08 bits per heavy atom. The van der Waals surface area contributed by atoms with Gasteiger partial charge in [-0.2, -0.15) is 0 Å². The van der Waals surface area contributed by atoms with E-state index in [0.29, 0.717) is 13.0 Å². The Morgan fingerprint density at radius 1 is 1.24 bits per heavy atom. The summed E-state index contributed by atoms with van der Waals surface area (Å²) in [7, 11) is 0. The molecule has 3 rings (SSSR count). The molecule has 9 heteroatoms. The molecule has 0 amide bonds. The summed E-state index contributed by atoms with van der Waals surface area (Å²) in [5.74, 6) is 0.824. The molecule has 2 aromatic rings. The molecule has 25 heavy (non-hydrogen) atoms. The number of aromatic nitrogens is 3. The van der Waals surface area contributed by atoms with Crippen LogP contribution in [0.4, 0.5) is 14.5 Å². The van der Waals surface area contributed by atoms with Crippen molar-refractivity contribution in [2.75, 3.05) is 11.9 Å². The molecule has 1 aromatic carbocycles. The molecule has 1 aliphatic heterocycles. The number of guanidine groups is 1. The number of halogens is 3. The van der Waals surface area contributed by atoms with Crippen LogP contribution in [0.2, 0.25) is 0 Å². The average molecular weight is 462 g/mol. The van der Waals surface area contributed by atoms with Gasteiger partial charge in [0, 0.05) is 32.0 Å². The number of anilines is 1. The van der Waals surface area contributed by atoms with Crippen LogP contribution in [0.15, 0.2) is 23.2 Å². The van der Waals surface area contributed by atoms with Crippen LogP contribution in [-0.4, -0.2) is 27.3 Å². The molecule has 0 aliphatic carbocycles. The average Bonchev–Trinajstić information content (AvgIpc) is 2.78. The maximum atomic E-state index is 13.5. The van der Waals surface area contributed by atoms with Crippen LogP contribution in [0, 0.1) is 11.6 Å². The van der Waals surface area contributed by atoms with Crippen LogP contribution in [0.3, 0.4) is 0 Å². The van der Waals surface area contributed by atoms with Crippen molar-refractivity contribution in [3.63, 3.8) is 0 Å². The van der Waals surface area contributed by atoms with Crippen molar-refractivity contribution in [2.24, 2.45) is 10.7 Å². The first-order valence-corrected chi connectivity index (χ1v) is 8.06. The van der Waals surface area contributed by atoms with Gasteiger partial charge in [-0.1, -0.05) is 6.42 Å². The number of hydrogen-bond acceptors (Lipinski definition) is 3. The Morgan fingerprint density at radius 3 is 2.92 bits per heavy atom. The van der Waals surface area contributed by atoms with E-state index in [1.165, 1.54) is 6.42 Å². The fourth-order valence-electron chi connectivity index (χ4n) is 2.78. The lowest BCUT2D eigenvalue weighted by atomic mass is 10.2. The van der Waals surface area contributed by atoms with Gasteiger partial charge in [0.25, 0.3) is 0 Å². The van der Waals surface area contributed by atoms with Gasteiger partial charge in [-0.05, 0) is 25.0 Å². The van der Waals surface area contributed by atoms with Crippen molar-refractivity contribution in [3.8, 4) is 0 Å². The number of nitrogens with zero attached hydrogens (tertiary/aromatic N) is 4. The van der Waals surface area contributed by atoms with Gasteiger partial charge in [0.1, 0.15) is 23.3 Å². The van der Waals surface area contributed by atoms with E-state index in [4.69, 9.17) is 5.73 Å². The lowest BCUT2D eigenvalue weighted by molar-refractivity contribution is 0.603. The van der Waals surface area contributed by atoms with Gasteiger partial charge in [-0.15, -0.1) is 34.2 Å². The zero-order chi connectivity index (χ0) is 16.9. The molecule has 6 nitrogen and oxygen atoms in total. The smallest absolute Gasteiger partial charge is 0.193 e. The van der Waals surface area contributed by atoms with Crippen LogP contribution in [0.25, 0.3) is 0 Å². The van der Waals surface area contributed by atoms with E-state index in [-0.39, 0.29) is 35.6 Å². The van der Waals surface area contributed by atoms with Gasteiger partial charge in [0.05, 0.1) is 5.69 Å². The van der Waals surface area contributed by atoms with Crippen molar-refractivity contribution in [1.29, 1.82) is 0 Å². The van der Waals surface area contributed by atoms with E-state index in [2.05, 4.69) is 25.1 Å². The second-order valence-corrected chi connectivity index (χ2v) is 5.76. The number of fused-ring (bicyclic) bond motifs is 1. The van der Waals surface area contributed by atoms with Gasteiger partial charge in [-0.25, -0.2) is 8.78 Å². The SMILES string of the molecule is I.NC(=NCCc1nnc2n1CCCCC2)Nc1cc(F)ccc1F. The first kappa shape index (κ1) is 19.5. The summed E-state index contributed by atoms with van der Waals surface area (Å²) >= 11 is 0. The fourth-order valence-corrected chi connectivity index (χ4v) is 2.78. The molecule has 0 radical (unpaired) electrons. The second-order valence-electron chi connectivity index (χ2n) is 5.76. The monoisotopic (exact) mass is 462 g/mol. The summed E-state index contributed by atoms with van der Waals surface area (Å²) < 4.78 is 28.8. The molecule has 1 aromatic heterocycles. The minimum atomic E-state index is -0.586. The molecular weight excluding hydrogens is 441 g/mol. The molecule has 0 unspecified atom stereocenters. The van der Waals surface area contributed by atoms with Crippen molar-refractivity contribution < 1.29 is 8.78 Å². The van der Waals surface area contributed by atoms with E-state index >= 15 is 0 Å². The predicted molar refractivity (Wildman–Crippen MR) is 103 cm³/mol. The van der Waals surface area contributed by atoms with Crippen LogP contribution < -0.4 is 11.1 Å². The third-order valence-corrected chi connectivity index (χ3v) is 3.99. The zero-order valence-electron chi connectivity index (χ0n) is 13.7. The number of hydrogen-bond donors (Lipinski definition) is 2. The Labute approximate surface area is 161 Å². The summed E-state index contributed by atoms with van der Waals surface area (Å²) in [6, 6.07) is 3.12. The molecular formula is C16H21F2IN6. The number of aliphatic imine (C=N–C) groups is 1. The van der Waals surface area contributed by atoms with Crippen LogP contribution in [0.1, 0.15) is 30.9 Å². The topological polar surface area (TPSA) is 81.1 Å². The van der Waals surface area contributed by atoms with Gasteiger partial charge >= 0.3 is 0 Å². The quantitative estimate of drug-likeness (QED) is 0.416. The van der Waals surface area contributed by atoms with Gasteiger partial charge in [0.15, 0.2) is 5.96 Å². The number of rotatable bonds is 4. The summed E-state index contributed by atoms with van der Waals surface area (Å²) in [4.78, 5) is 4.15. The third kappa shape index (κ3) is 5.10. The van der Waals surface area contributed by atoms with E-state index in [1.54, 1.807) is 0 Å². The van der Waals surface area contributed by atoms with Gasteiger partial charge in [-0.3, -0.25) is 4.99 Å². The standard InChI is InChI=1S/C16H20F2N6.HI/c17-11-5-6-12(18)13(10-11)21-16(19)20-8-7-15-23-22-14-4-2-1-3-9-24(14)15;/h5-6,10H,1-4,7-9H2,(H3,19,20,21);1H. The lowest BCUT2D eigenvalue weighted by Crippen LogP contribution is -2.24. The fraction of sp³-hybridized carbons (Fsp3) is 0.438. The second kappa shape index (κ2) is 9.07. The summed E-state index contributed by atoms with van der Waals surface area (Å²) in [5.41, 5.74) is 5.70. The van der Waals surface area contributed by atoms with E-state index in [0.717, 1.165) is 55.7 Å². The maximum absolute atomic E-state index is 13.5. The van der Waals surface area contributed by atoms with Crippen LogP contribution >= 0.6 is 24.0 Å². The molecule has 3 N–H and O–H groups in total. The molecule has 136 valence electrons. The largest absolute Gasteiger partial charge is 0.370 e. The van der Waals surface area contributed by atoms with Crippen molar-refractivity contribution in [3.05, 3.63) is 41.5 Å². The number of benzene rings is 1. The van der Waals surface area contributed by atoms with E-state index in [1.807, 2.05) is 0 Å². The first-order valence-electron chi connectivity index (χ1n) is 8.06. The summed E-state index contributed by atoms with van der Waals surface area (Å²) in [6.45, 7) is 1.33. The number of nitrogens with two attached hydrogens (primary N) is 1. The minimum absolute atomic E-state index is 0. The zero-order valence-corrected chi connectivity index (χ0v) is 16.0. The Balaban J connectivity index is 0.00000225. The number of aryl methyl sites for hydroxylation is 1. The van der Waals surface area contributed by atoms with Gasteiger partial charge < -0.3 is 15.6 Å². The molecule has 0 spiro atoms. The van der Waals surface area contributed by atoms with E-state index < -0.39 is 11.6 Å². The highest BCUT2D eigenvalue weighted by Gasteiger charge is 2.14. The van der Waals surface area contributed by atoms with Gasteiger partial charge in [0.2, 0.25) is 0 Å². The summed E-state index contributed by atoms with van der Waals surface area (Å²) in [5, 5.41) is 11.0. The third-order valence-electron chi connectivity index (χ3n) is 3.99.